The van der Waals surface area contributed by atoms with Crippen molar-refractivity contribution in [1.82, 2.24) is 14.1 Å². The summed E-state index contributed by atoms with van der Waals surface area (Å²) in [5, 5.41) is 0. The van der Waals surface area contributed by atoms with E-state index >= 15 is 0 Å². The maximum atomic E-state index is 12.1. The zero-order valence-corrected chi connectivity index (χ0v) is 10.2. The molecule has 2 aromatic rings. The van der Waals surface area contributed by atoms with E-state index in [1.165, 1.54) is 10.6 Å². The first-order valence-corrected chi connectivity index (χ1v) is 5.91. The predicted octanol–water partition coefficient (Wildman–Crippen LogP) is 0.863. The Morgan fingerprint density at radius 1 is 1.17 bits per heavy atom. The van der Waals surface area contributed by atoms with Crippen molar-refractivity contribution < 1.29 is 0 Å². The van der Waals surface area contributed by atoms with Crippen molar-refractivity contribution in [3.63, 3.8) is 0 Å². The summed E-state index contributed by atoms with van der Waals surface area (Å²) in [5.74, 6) is 0. The van der Waals surface area contributed by atoms with E-state index in [1.807, 2.05) is 6.92 Å². The standard InChI is InChI=1S/C13H15N3O2/c1-2-8-15-9-5-12(17)16(13(15)18)10-11-3-6-14-7-4-11/h3-7,9H,2,8,10H2,1H3. The molecule has 0 bridgehead atoms. The lowest BCUT2D eigenvalue weighted by Crippen LogP contribution is -2.39. The summed E-state index contributed by atoms with van der Waals surface area (Å²) in [6.07, 6.45) is 5.70. The van der Waals surface area contributed by atoms with Gasteiger partial charge in [-0.2, -0.15) is 0 Å². The summed E-state index contributed by atoms with van der Waals surface area (Å²) in [7, 11) is 0. The Labute approximate surface area is 104 Å². The molecule has 0 N–H and O–H groups in total. The second-order valence-corrected chi connectivity index (χ2v) is 4.07. The Morgan fingerprint density at radius 2 is 1.89 bits per heavy atom. The van der Waals surface area contributed by atoms with Crippen LogP contribution in [0.15, 0.2) is 46.4 Å². The monoisotopic (exact) mass is 245 g/mol. The van der Waals surface area contributed by atoms with E-state index in [0.717, 1.165) is 12.0 Å². The Balaban J connectivity index is 2.41. The van der Waals surface area contributed by atoms with Gasteiger partial charge in [0.25, 0.3) is 5.56 Å². The van der Waals surface area contributed by atoms with Crippen LogP contribution in [0.3, 0.4) is 0 Å². The van der Waals surface area contributed by atoms with Gasteiger partial charge >= 0.3 is 5.69 Å². The molecule has 2 rings (SSSR count). The molecule has 0 amide bonds. The molecule has 0 radical (unpaired) electrons. The highest BCUT2D eigenvalue weighted by molar-refractivity contribution is 5.10. The fourth-order valence-corrected chi connectivity index (χ4v) is 1.78. The summed E-state index contributed by atoms with van der Waals surface area (Å²) < 4.78 is 2.80. The normalized spacial score (nSPS) is 10.5. The van der Waals surface area contributed by atoms with Gasteiger partial charge in [-0.25, -0.2) is 4.79 Å². The van der Waals surface area contributed by atoms with Gasteiger partial charge in [0.05, 0.1) is 6.54 Å². The Bertz CT molecular complexity index is 629. The van der Waals surface area contributed by atoms with Crippen LogP contribution in [0, 0.1) is 0 Å². The van der Waals surface area contributed by atoms with Crippen LogP contribution >= 0.6 is 0 Å². The molecule has 0 aliphatic rings. The Hall–Kier alpha value is -2.17. The largest absolute Gasteiger partial charge is 0.331 e. The minimum atomic E-state index is -0.274. The molecule has 0 saturated carbocycles. The van der Waals surface area contributed by atoms with E-state index in [9.17, 15) is 9.59 Å². The average molecular weight is 245 g/mol. The highest BCUT2D eigenvalue weighted by atomic mass is 16.2. The number of aryl methyl sites for hydroxylation is 1. The molecule has 5 nitrogen and oxygen atoms in total. The molecule has 94 valence electrons. The second kappa shape index (κ2) is 5.44. The van der Waals surface area contributed by atoms with E-state index in [2.05, 4.69) is 4.98 Å². The molecule has 18 heavy (non-hydrogen) atoms. The second-order valence-electron chi connectivity index (χ2n) is 4.07. The zero-order valence-electron chi connectivity index (χ0n) is 10.2. The van der Waals surface area contributed by atoms with E-state index < -0.39 is 0 Å². The number of nitrogens with zero attached hydrogens (tertiary/aromatic N) is 3. The molecule has 0 fully saturated rings. The molecule has 0 aliphatic carbocycles. The minimum Gasteiger partial charge on any atom is -0.300 e. The number of hydrogen-bond donors (Lipinski definition) is 0. The number of rotatable bonds is 4. The molecule has 5 heteroatoms. The van der Waals surface area contributed by atoms with Gasteiger partial charge in [0, 0.05) is 31.2 Å². The highest BCUT2D eigenvalue weighted by Crippen LogP contribution is 1.96. The third-order valence-electron chi connectivity index (χ3n) is 2.69. The Morgan fingerprint density at radius 3 is 2.56 bits per heavy atom. The summed E-state index contributed by atoms with van der Waals surface area (Å²) in [6.45, 7) is 2.89. The van der Waals surface area contributed by atoms with Crippen molar-refractivity contribution in [2.75, 3.05) is 0 Å². The van der Waals surface area contributed by atoms with Crippen molar-refractivity contribution in [2.45, 2.75) is 26.4 Å². The van der Waals surface area contributed by atoms with Gasteiger partial charge in [-0.1, -0.05) is 6.92 Å². The maximum Gasteiger partial charge on any atom is 0.331 e. The summed E-state index contributed by atoms with van der Waals surface area (Å²) in [6, 6.07) is 5.02. The third-order valence-corrected chi connectivity index (χ3v) is 2.69. The molecular weight excluding hydrogens is 230 g/mol. The van der Waals surface area contributed by atoms with Gasteiger partial charge in [-0.3, -0.25) is 14.3 Å². The molecule has 0 atom stereocenters. The smallest absolute Gasteiger partial charge is 0.300 e. The number of pyridine rings is 1. The lowest BCUT2D eigenvalue weighted by atomic mass is 10.3. The van der Waals surface area contributed by atoms with E-state index in [4.69, 9.17) is 0 Å². The van der Waals surface area contributed by atoms with E-state index in [1.54, 1.807) is 35.3 Å². The third kappa shape index (κ3) is 2.56. The van der Waals surface area contributed by atoms with Gasteiger partial charge in [-0.15, -0.1) is 0 Å². The van der Waals surface area contributed by atoms with Crippen LogP contribution < -0.4 is 11.2 Å². The number of aromatic nitrogens is 3. The van der Waals surface area contributed by atoms with Crippen molar-refractivity contribution in [1.29, 1.82) is 0 Å². The van der Waals surface area contributed by atoms with Gasteiger partial charge in [0.2, 0.25) is 0 Å². The van der Waals surface area contributed by atoms with Crippen molar-refractivity contribution in [3.8, 4) is 0 Å². The maximum absolute atomic E-state index is 12.1. The average Bonchev–Trinajstić information content (AvgIpc) is 2.39. The first-order valence-electron chi connectivity index (χ1n) is 5.91. The molecule has 2 heterocycles. The van der Waals surface area contributed by atoms with Crippen molar-refractivity contribution in [2.24, 2.45) is 0 Å². The van der Waals surface area contributed by atoms with Crippen LogP contribution in [-0.4, -0.2) is 14.1 Å². The van der Waals surface area contributed by atoms with Crippen LogP contribution in [0.1, 0.15) is 18.9 Å². The number of hydrogen-bond acceptors (Lipinski definition) is 3. The fraction of sp³-hybridized carbons (Fsp3) is 0.308. The molecule has 0 spiro atoms. The first kappa shape index (κ1) is 12.3. The van der Waals surface area contributed by atoms with Crippen LogP contribution in [-0.2, 0) is 13.1 Å². The van der Waals surface area contributed by atoms with E-state index in [-0.39, 0.29) is 17.8 Å². The van der Waals surface area contributed by atoms with Gasteiger partial charge in [0.15, 0.2) is 0 Å². The molecular formula is C13H15N3O2. The van der Waals surface area contributed by atoms with Gasteiger partial charge in [-0.05, 0) is 24.1 Å². The van der Waals surface area contributed by atoms with Gasteiger partial charge < -0.3 is 4.57 Å². The summed E-state index contributed by atoms with van der Waals surface area (Å²) >= 11 is 0. The quantitative estimate of drug-likeness (QED) is 0.803. The zero-order chi connectivity index (χ0) is 13.0. The van der Waals surface area contributed by atoms with E-state index in [0.29, 0.717) is 6.54 Å². The van der Waals surface area contributed by atoms with Crippen molar-refractivity contribution >= 4 is 0 Å². The van der Waals surface area contributed by atoms with Gasteiger partial charge in [0.1, 0.15) is 0 Å². The molecule has 0 aromatic carbocycles. The van der Waals surface area contributed by atoms with Crippen LogP contribution in [0.25, 0.3) is 0 Å². The summed E-state index contributed by atoms with van der Waals surface area (Å²) in [4.78, 5) is 27.7. The SMILES string of the molecule is CCCn1ccc(=O)n(Cc2ccncc2)c1=O. The summed E-state index contributed by atoms with van der Waals surface area (Å²) in [5.41, 5.74) is 0.351. The molecule has 2 aromatic heterocycles. The topological polar surface area (TPSA) is 56.9 Å². The van der Waals surface area contributed by atoms with Crippen LogP contribution in [0.2, 0.25) is 0 Å². The lowest BCUT2D eigenvalue weighted by molar-refractivity contribution is 0.570. The van der Waals surface area contributed by atoms with Crippen LogP contribution in [0.5, 0.6) is 0 Å². The first-order chi connectivity index (χ1) is 8.72. The highest BCUT2D eigenvalue weighted by Gasteiger charge is 2.05. The molecule has 0 saturated heterocycles. The molecule has 0 aliphatic heterocycles. The Kier molecular flexibility index (Phi) is 3.72. The van der Waals surface area contributed by atoms with Crippen molar-refractivity contribution in [3.05, 3.63) is 63.2 Å². The predicted molar refractivity (Wildman–Crippen MR) is 68.6 cm³/mol. The fourth-order valence-electron chi connectivity index (χ4n) is 1.78. The minimum absolute atomic E-state index is 0.263. The lowest BCUT2D eigenvalue weighted by Gasteiger charge is -2.08. The van der Waals surface area contributed by atoms with Crippen LogP contribution in [0.4, 0.5) is 0 Å². The molecule has 0 unspecified atom stereocenters.